The number of fused-ring (bicyclic) bond motifs is 15. The van der Waals surface area contributed by atoms with Gasteiger partial charge in [-0.2, -0.15) is 0 Å². The smallest absolute Gasteiger partial charge is 0.138 e. The maximum atomic E-state index is 5.26. The van der Waals surface area contributed by atoms with Gasteiger partial charge in [0.05, 0.1) is 44.8 Å². The average Bonchev–Trinajstić information content (AvgIpc) is 3.88. The number of nitrogens with zero attached hydrogens (tertiary/aromatic N) is 4. The summed E-state index contributed by atoms with van der Waals surface area (Å²) in [6.45, 7) is 0. The molecule has 0 bridgehead atoms. The van der Waals surface area contributed by atoms with Crippen LogP contribution in [-0.4, -0.2) is 18.5 Å². The van der Waals surface area contributed by atoms with Crippen LogP contribution in [0.5, 0.6) is 0 Å². The van der Waals surface area contributed by atoms with E-state index in [9.17, 15) is 0 Å². The van der Waals surface area contributed by atoms with Crippen LogP contribution in [-0.2, 0) is 0 Å². The highest BCUT2D eigenvalue weighted by atomic mass is 15.1. The van der Waals surface area contributed by atoms with Gasteiger partial charge in [0.2, 0.25) is 0 Å². The van der Waals surface area contributed by atoms with Crippen molar-refractivity contribution in [2.45, 2.75) is 0 Å². The molecule has 5 aromatic heterocycles. The molecule has 0 aliphatic rings. The number of pyridine rings is 1. The normalized spacial score (nSPS) is 12.5. The van der Waals surface area contributed by atoms with Gasteiger partial charge < -0.3 is 8.97 Å². The molecule has 49 heavy (non-hydrogen) atoms. The highest BCUT2D eigenvalue weighted by Gasteiger charge is 2.25. The first-order valence-corrected chi connectivity index (χ1v) is 16.8. The van der Waals surface area contributed by atoms with Crippen LogP contribution in [0.15, 0.2) is 158 Å². The quantitative estimate of drug-likeness (QED) is 0.188. The molecule has 226 valence electrons. The van der Waals surface area contributed by atoms with Gasteiger partial charge in [-0.1, -0.05) is 103 Å². The van der Waals surface area contributed by atoms with Gasteiger partial charge in [0, 0.05) is 48.8 Å². The molecule has 5 heterocycles. The maximum Gasteiger partial charge on any atom is 0.138 e. The molecule has 0 spiro atoms. The van der Waals surface area contributed by atoms with Gasteiger partial charge in [0.1, 0.15) is 5.82 Å². The minimum Gasteiger partial charge on any atom is -0.308 e. The fourth-order valence-electron chi connectivity index (χ4n) is 8.86. The second kappa shape index (κ2) is 9.03. The van der Waals surface area contributed by atoms with Gasteiger partial charge in [-0.15, -0.1) is 0 Å². The Morgan fingerprint density at radius 3 is 1.82 bits per heavy atom. The minimum atomic E-state index is 0.918. The van der Waals surface area contributed by atoms with Gasteiger partial charge >= 0.3 is 0 Å². The first-order chi connectivity index (χ1) is 24.3. The Bertz CT molecular complexity index is 3320. The number of para-hydroxylation sites is 4. The van der Waals surface area contributed by atoms with Gasteiger partial charge in [0.15, 0.2) is 0 Å². The molecule has 4 heteroatoms. The van der Waals surface area contributed by atoms with E-state index in [1.807, 2.05) is 0 Å². The molecule has 0 amide bonds. The highest BCUT2D eigenvalue weighted by molar-refractivity contribution is 6.38. The van der Waals surface area contributed by atoms with E-state index in [0.29, 0.717) is 0 Å². The molecule has 0 atom stereocenters. The van der Waals surface area contributed by atoms with Crippen molar-refractivity contribution in [1.29, 1.82) is 0 Å². The van der Waals surface area contributed by atoms with Crippen LogP contribution in [0.4, 0.5) is 0 Å². The Hall–Kier alpha value is -6.65. The highest BCUT2D eigenvalue weighted by Crippen LogP contribution is 2.48. The van der Waals surface area contributed by atoms with E-state index in [0.717, 1.165) is 22.5 Å². The molecule has 0 aliphatic carbocycles. The van der Waals surface area contributed by atoms with Crippen molar-refractivity contribution in [2.75, 3.05) is 0 Å². The second-order valence-corrected chi connectivity index (χ2v) is 13.2. The summed E-state index contributed by atoms with van der Waals surface area (Å²) in [5.41, 5.74) is 9.51. The lowest BCUT2D eigenvalue weighted by atomic mass is 9.98. The van der Waals surface area contributed by atoms with Crippen LogP contribution in [0.3, 0.4) is 0 Å². The zero-order valence-corrected chi connectivity index (χ0v) is 26.3. The summed E-state index contributed by atoms with van der Waals surface area (Å²) in [5.74, 6) is 0.918. The number of hydrogen-bond acceptors (Lipinski definition) is 1. The molecule has 0 aliphatic heterocycles. The fourth-order valence-corrected chi connectivity index (χ4v) is 8.86. The fraction of sp³-hybridized carbons (Fsp3) is 0. The maximum absolute atomic E-state index is 5.26. The van der Waals surface area contributed by atoms with E-state index in [4.69, 9.17) is 4.98 Å². The molecular weight excluding hydrogens is 597 g/mol. The Morgan fingerprint density at radius 1 is 0.367 bits per heavy atom. The summed E-state index contributed by atoms with van der Waals surface area (Å²) in [6, 6.07) is 55.1. The van der Waals surface area contributed by atoms with Gasteiger partial charge in [-0.25, -0.2) is 4.98 Å². The molecule has 0 fully saturated rings. The topological polar surface area (TPSA) is 27.2 Å². The van der Waals surface area contributed by atoms with E-state index < -0.39 is 0 Å². The largest absolute Gasteiger partial charge is 0.308 e. The Kier molecular flexibility index (Phi) is 4.69. The molecule has 0 saturated heterocycles. The molecule has 7 aromatic carbocycles. The third-order valence-corrected chi connectivity index (χ3v) is 10.8. The zero-order valence-electron chi connectivity index (χ0n) is 26.3. The van der Waals surface area contributed by atoms with Crippen LogP contribution in [0.2, 0.25) is 0 Å². The summed E-state index contributed by atoms with van der Waals surface area (Å²) in [7, 11) is 0. The zero-order chi connectivity index (χ0) is 31.8. The Balaban J connectivity index is 1.29. The molecule has 0 unspecified atom stereocenters. The second-order valence-electron chi connectivity index (χ2n) is 13.2. The Labute approximate surface area is 279 Å². The molecule has 0 N–H and O–H groups in total. The van der Waals surface area contributed by atoms with E-state index >= 15 is 0 Å². The predicted molar refractivity (Wildman–Crippen MR) is 205 cm³/mol. The SMILES string of the molecule is c1ccc(-n2c3ccccc3c3cc(-n4c5ccccc5c5c6c7c8ccccc8ccc7n7c8ccccc8c(cc54)c67)ncc32)cc1. The van der Waals surface area contributed by atoms with Crippen LogP contribution in [0, 0.1) is 0 Å². The first kappa shape index (κ1) is 25.4. The van der Waals surface area contributed by atoms with Gasteiger partial charge in [-0.05, 0) is 59.3 Å². The Morgan fingerprint density at radius 2 is 1.00 bits per heavy atom. The van der Waals surface area contributed by atoms with Crippen molar-refractivity contribution < 1.29 is 0 Å². The summed E-state index contributed by atoms with van der Waals surface area (Å²) in [4.78, 5) is 5.26. The van der Waals surface area contributed by atoms with E-state index in [1.165, 1.54) is 81.4 Å². The standard InChI is InChI=1S/C45H26N4/c1-2-13-28(14-3-1)47-35-19-9-6-16-30(35)33-25-41(46-26-40(33)47)48-37-21-11-8-18-32(37)43-39(48)24-34-31-17-7-10-20-36(31)49-38-23-22-27-12-4-5-15-29(27)42(38)44(43)45(34)49/h1-26H. The number of aromatic nitrogens is 4. The molecular formula is C45H26N4. The van der Waals surface area contributed by atoms with Crippen molar-refractivity contribution in [2.24, 2.45) is 0 Å². The summed E-state index contributed by atoms with van der Waals surface area (Å²) < 4.78 is 7.22. The first-order valence-electron chi connectivity index (χ1n) is 16.8. The number of rotatable bonds is 2. The summed E-state index contributed by atoms with van der Waals surface area (Å²) in [5, 5.41) is 12.6. The molecule has 12 aromatic rings. The van der Waals surface area contributed by atoms with Crippen LogP contribution in [0.1, 0.15) is 0 Å². The van der Waals surface area contributed by atoms with Crippen molar-refractivity contribution >= 4 is 92.5 Å². The van der Waals surface area contributed by atoms with Crippen molar-refractivity contribution in [3.63, 3.8) is 0 Å². The van der Waals surface area contributed by atoms with Crippen molar-refractivity contribution in [3.8, 4) is 11.5 Å². The molecule has 12 rings (SSSR count). The lowest BCUT2D eigenvalue weighted by Crippen LogP contribution is -1.98. The lowest BCUT2D eigenvalue weighted by Gasteiger charge is -2.10. The van der Waals surface area contributed by atoms with Gasteiger partial charge in [0.25, 0.3) is 0 Å². The third-order valence-electron chi connectivity index (χ3n) is 10.8. The number of benzene rings is 7. The van der Waals surface area contributed by atoms with Crippen LogP contribution >= 0.6 is 0 Å². The summed E-state index contributed by atoms with van der Waals surface area (Å²) in [6.07, 6.45) is 2.06. The molecule has 4 nitrogen and oxygen atoms in total. The molecule has 0 radical (unpaired) electrons. The summed E-state index contributed by atoms with van der Waals surface area (Å²) >= 11 is 0. The molecule has 0 saturated carbocycles. The monoisotopic (exact) mass is 622 g/mol. The lowest BCUT2D eigenvalue weighted by molar-refractivity contribution is 1.08. The van der Waals surface area contributed by atoms with E-state index in [2.05, 4.69) is 171 Å². The predicted octanol–water partition coefficient (Wildman–Crippen LogP) is 11.6. The van der Waals surface area contributed by atoms with Gasteiger partial charge in [-0.3, -0.25) is 4.57 Å². The van der Waals surface area contributed by atoms with Crippen molar-refractivity contribution in [1.82, 2.24) is 18.5 Å². The van der Waals surface area contributed by atoms with Crippen molar-refractivity contribution in [3.05, 3.63) is 158 Å². The average molecular weight is 623 g/mol. The van der Waals surface area contributed by atoms with E-state index in [1.54, 1.807) is 0 Å². The third kappa shape index (κ3) is 3.12. The minimum absolute atomic E-state index is 0.918. The van der Waals surface area contributed by atoms with Crippen LogP contribution in [0.25, 0.3) is 104 Å². The van der Waals surface area contributed by atoms with Crippen LogP contribution < -0.4 is 0 Å². The number of hydrogen-bond donors (Lipinski definition) is 0. The van der Waals surface area contributed by atoms with E-state index in [-0.39, 0.29) is 0 Å².